The van der Waals surface area contributed by atoms with Crippen LogP contribution in [0.4, 0.5) is 5.69 Å². The van der Waals surface area contributed by atoms with E-state index in [4.69, 9.17) is 4.42 Å². The van der Waals surface area contributed by atoms with E-state index in [0.29, 0.717) is 11.1 Å². The van der Waals surface area contributed by atoms with E-state index in [1.807, 2.05) is 12.1 Å². The summed E-state index contributed by atoms with van der Waals surface area (Å²) in [6.07, 6.45) is 3.39. The highest BCUT2D eigenvalue weighted by molar-refractivity contribution is 5.83. The smallest absolute Gasteiger partial charge is 0.344 e. The van der Waals surface area contributed by atoms with E-state index in [2.05, 4.69) is 0 Å². The highest BCUT2D eigenvalue weighted by Gasteiger charge is 2.03. The van der Waals surface area contributed by atoms with Gasteiger partial charge in [-0.15, -0.1) is 0 Å². The van der Waals surface area contributed by atoms with Gasteiger partial charge in [0.25, 0.3) is 5.69 Å². The fraction of sp³-hybridized carbons (Fsp3) is 0. The maximum absolute atomic E-state index is 11.9. The first-order chi connectivity index (χ1) is 10.6. The number of nitro benzene ring substituents is 1. The van der Waals surface area contributed by atoms with Crippen molar-refractivity contribution in [1.29, 1.82) is 0 Å². The van der Waals surface area contributed by atoms with Crippen LogP contribution in [-0.4, -0.2) is 4.92 Å². The molecule has 0 bridgehead atoms. The molecule has 2 aromatic carbocycles. The van der Waals surface area contributed by atoms with Gasteiger partial charge in [-0.25, -0.2) is 4.79 Å². The standard InChI is InChI=1S/C17H11NO4/c19-17-16-4-2-1-3-13(16)11-15(22-17)10-7-12-5-8-14(9-6-12)18(20)21/h1-11H/b10-7+. The average Bonchev–Trinajstić information content (AvgIpc) is 2.53. The SMILES string of the molecule is O=c1oc(/C=C/c2ccc([N+](=O)[O-])cc2)cc2ccccc12. The number of hydrogen-bond donors (Lipinski definition) is 0. The van der Waals surface area contributed by atoms with Crippen molar-refractivity contribution in [3.8, 4) is 0 Å². The number of nitrogens with zero attached hydrogens (tertiary/aromatic N) is 1. The molecule has 1 aromatic heterocycles. The van der Waals surface area contributed by atoms with Crippen LogP contribution >= 0.6 is 0 Å². The van der Waals surface area contributed by atoms with Gasteiger partial charge >= 0.3 is 5.63 Å². The van der Waals surface area contributed by atoms with E-state index in [-0.39, 0.29) is 11.3 Å². The molecule has 0 unspecified atom stereocenters. The van der Waals surface area contributed by atoms with E-state index in [0.717, 1.165) is 10.9 Å². The lowest BCUT2D eigenvalue weighted by Gasteiger charge is -1.98. The van der Waals surface area contributed by atoms with E-state index < -0.39 is 4.92 Å². The monoisotopic (exact) mass is 293 g/mol. The van der Waals surface area contributed by atoms with Crippen molar-refractivity contribution >= 4 is 28.6 Å². The number of rotatable bonds is 3. The first-order valence-corrected chi connectivity index (χ1v) is 6.59. The molecule has 0 radical (unpaired) electrons. The molecule has 0 aliphatic heterocycles. The zero-order chi connectivity index (χ0) is 15.5. The Morgan fingerprint density at radius 3 is 2.45 bits per heavy atom. The molecule has 0 N–H and O–H groups in total. The first-order valence-electron chi connectivity index (χ1n) is 6.59. The van der Waals surface area contributed by atoms with Crippen molar-refractivity contribution in [2.45, 2.75) is 0 Å². The fourth-order valence-corrected chi connectivity index (χ4v) is 2.12. The molecule has 0 aliphatic carbocycles. The number of benzene rings is 2. The van der Waals surface area contributed by atoms with Gasteiger partial charge < -0.3 is 4.42 Å². The molecule has 0 aliphatic rings. The Morgan fingerprint density at radius 1 is 1.00 bits per heavy atom. The molecule has 108 valence electrons. The van der Waals surface area contributed by atoms with Crippen molar-refractivity contribution in [1.82, 2.24) is 0 Å². The summed E-state index contributed by atoms with van der Waals surface area (Å²) >= 11 is 0. The van der Waals surface area contributed by atoms with E-state index in [1.54, 1.807) is 42.5 Å². The summed E-state index contributed by atoms with van der Waals surface area (Å²) in [5.74, 6) is 0.432. The number of non-ortho nitro benzene ring substituents is 1. The summed E-state index contributed by atoms with van der Waals surface area (Å²) in [6, 6.07) is 15.1. The molecular weight excluding hydrogens is 282 g/mol. The number of hydrogen-bond acceptors (Lipinski definition) is 4. The van der Waals surface area contributed by atoms with Crippen LogP contribution in [-0.2, 0) is 0 Å². The Morgan fingerprint density at radius 2 is 1.73 bits per heavy atom. The van der Waals surface area contributed by atoms with E-state index in [1.165, 1.54) is 12.1 Å². The Kier molecular flexibility index (Phi) is 3.53. The largest absolute Gasteiger partial charge is 0.423 e. The van der Waals surface area contributed by atoms with Gasteiger partial charge in [0.2, 0.25) is 0 Å². The molecule has 5 heteroatoms. The van der Waals surface area contributed by atoms with Crippen molar-refractivity contribution in [2.75, 3.05) is 0 Å². The second kappa shape index (κ2) is 5.65. The number of nitro groups is 1. The molecule has 5 nitrogen and oxygen atoms in total. The zero-order valence-corrected chi connectivity index (χ0v) is 11.4. The summed E-state index contributed by atoms with van der Waals surface area (Å²) in [5.41, 5.74) is 0.428. The van der Waals surface area contributed by atoms with Crippen molar-refractivity contribution in [2.24, 2.45) is 0 Å². The molecule has 3 aromatic rings. The third kappa shape index (κ3) is 2.78. The van der Waals surface area contributed by atoms with Crippen molar-refractivity contribution in [3.05, 3.63) is 86.5 Å². The molecule has 22 heavy (non-hydrogen) atoms. The first kappa shape index (κ1) is 13.8. The topological polar surface area (TPSA) is 73.3 Å². The van der Waals surface area contributed by atoms with Crippen molar-refractivity contribution < 1.29 is 9.34 Å². The summed E-state index contributed by atoms with van der Waals surface area (Å²) in [7, 11) is 0. The predicted molar refractivity (Wildman–Crippen MR) is 84.5 cm³/mol. The van der Waals surface area contributed by atoms with Gasteiger partial charge in [-0.1, -0.05) is 24.3 Å². The lowest BCUT2D eigenvalue weighted by atomic mass is 10.1. The summed E-state index contributed by atoms with van der Waals surface area (Å²) in [5, 5.41) is 11.9. The summed E-state index contributed by atoms with van der Waals surface area (Å²) in [4.78, 5) is 22.0. The summed E-state index contributed by atoms with van der Waals surface area (Å²) in [6.45, 7) is 0. The van der Waals surface area contributed by atoms with Crippen LogP contribution in [0.15, 0.2) is 63.8 Å². The second-order valence-electron chi connectivity index (χ2n) is 4.71. The van der Waals surface area contributed by atoms with Gasteiger partial charge in [0.15, 0.2) is 0 Å². The lowest BCUT2D eigenvalue weighted by molar-refractivity contribution is -0.384. The molecule has 0 saturated heterocycles. The molecule has 0 fully saturated rings. The molecule has 3 rings (SSSR count). The quantitative estimate of drug-likeness (QED) is 0.542. The molecule has 1 heterocycles. The summed E-state index contributed by atoms with van der Waals surface area (Å²) < 4.78 is 5.22. The molecular formula is C17H11NO4. The molecule has 0 saturated carbocycles. The van der Waals surface area contributed by atoms with Crippen LogP contribution in [0, 0.1) is 10.1 Å². The van der Waals surface area contributed by atoms with Crippen molar-refractivity contribution in [3.63, 3.8) is 0 Å². The minimum atomic E-state index is -0.449. The van der Waals surface area contributed by atoms with Gasteiger partial charge in [0, 0.05) is 12.1 Å². The van der Waals surface area contributed by atoms with Gasteiger partial charge in [-0.3, -0.25) is 10.1 Å². The second-order valence-corrected chi connectivity index (χ2v) is 4.71. The van der Waals surface area contributed by atoms with Crippen LogP contribution in [0.5, 0.6) is 0 Å². The Balaban J connectivity index is 1.92. The van der Waals surface area contributed by atoms with Gasteiger partial charge in [0.05, 0.1) is 10.3 Å². The average molecular weight is 293 g/mol. The predicted octanol–water partition coefficient (Wildman–Crippen LogP) is 3.87. The van der Waals surface area contributed by atoms with Gasteiger partial charge in [-0.2, -0.15) is 0 Å². The van der Waals surface area contributed by atoms with Crippen LogP contribution in [0.3, 0.4) is 0 Å². The lowest BCUT2D eigenvalue weighted by Crippen LogP contribution is -1.99. The fourth-order valence-electron chi connectivity index (χ4n) is 2.12. The van der Waals surface area contributed by atoms with Gasteiger partial charge in [-0.05, 0) is 41.3 Å². The van der Waals surface area contributed by atoms with E-state index in [9.17, 15) is 14.9 Å². The zero-order valence-electron chi connectivity index (χ0n) is 11.4. The third-order valence-corrected chi connectivity index (χ3v) is 3.23. The Hall–Kier alpha value is -3.21. The molecule has 0 amide bonds. The maximum atomic E-state index is 11.9. The van der Waals surface area contributed by atoms with E-state index >= 15 is 0 Å². The minimum absolute atomic E-state index is 0.0365. The van der Waals surface area contributed by atoms with Gasteiger partial charge in [0.1, 0.15) is 5.76 Å². The van der Waals surface area contributed by atoms with Crippen LogP contribution in [0.1, 0.15) is 11.3 Å². The Labute approximate surface area is 125 Å². The maximum Gasteiger partial charge on any atom is 0.344 e. The highest BCUT2D eigenvalue weighted by atomic mass is 16.6. The Bertz CT molecular complexity index is 923. The number of fused-ring (bicyclic) bond motifs is 1. The molecule has 0 spiro atoms. The normalized spacial score (nSPS) is 11.1. The molecule has 0 atom stereocenters. The van der Waals surface area contributed by atoms with Crippen LogP contribution in [0.2, 0.25) is 0 Å². The highest BCUT2D eigenvalue weighted by Crippen LogP contribution is 2.16. The third-order valence-electron chi connectivity index (χ3n) is 3.23. The van der Waals surface area contributed by atoms with Crippen LogP contribution in [0.25, 0.3) is 22.9 Å². The van der Waals surface area contributed by atoms with Crippen LogP contribution < -0.4 is 5.63 Å². The minimum Gasteiger partial charge on any atom is -0.423 e.